The molecule has 1 saturated heterocycles. The van der Waals surface area contributed by atoms with Crippen molar-refractivity contribution in [1.29, 1.82) is 0 Å². The summed E-state index contributed by atoms with van der Waals surface area (Å²) in [4.78, 5) is 2.41. The topological polar surface area (TPSA) is 85.1 Å². The van der Waals surface area contributed by atoms with Crippen molar-refractivity contribution < 1.29 is 17.9 Å². The second-order valence-electron chi connectivity index (χ2n) is 5.51. The monoisotopic (exact) mass is 357 g/mol. The molecule has 0 radical (unpaired) electrons. The van der Waals surface area contributed by atoms with E-state index < -0.39 is 10.0 Å². The number of sulfonamides is 1. The Hall–Kier alpha value is -1.35. The fourth-order valence-electron chi connectivity index (χ4n) is 2.72. The van der Waals surface area contributed by atoms with E-state index in [1.807, 2.05) is 13.8 Å². The summed E-state index contributed by atoms with van der Waals surface area (Å²) in [5.74, 6) is 1.02. The summed E-state index contributed by atoms with van der Waals surface area (Å²) in [5.41, 5.74) is 5.56. The smallest absolute Gasteiger partial charge is 0.243 e. The number of piperazine rings is 1. The normalized spacial score (nSPS) is 17.0. The van der Waals surface area contributed by atoms with Crippen LogP contribution in [0.1, 0.15) is 13.8 Å². The number of hydrogen-bond acceptors (Lipinski definition) is 6. The summed E-state index contributed by atoms with van der Waals surface area (Å²) >= 11 is 0. The van der Waals surface area contributed by atoms with Crippen molar-refractivity contribution in [2.24, 2.45) is 5.73 Å². The first-order chi connectivity index (χ1) is 11.5. The van der Waals surface area contributed by atoms with E-state index >= 15 is 0 Å². The second kappa shape index (κ2) is 8.66. The Balaban J connectivity index is 2.18. The molecule has 1 heterocycles. The van der Waals surface area contributed by atoms with Crippen molar-refractivity contribution in [2.75, 3.05) is 52.5 Å². The molecule has 0 aliphatic carbocycles. The van der Waals surface area contributed by atoms with E-state index in [-0.39, 0.29) is 4.90 Å². The molecule has 0 bridgehead atoms. The highest BCUT2D eigenvalue weighted by molar-refractivity contribution is 7.89. The van der Waals surface area contributed by atoms with Crippen LogP contribution in [-0.4, -0.2) is 70.1 Å². The number of nitrogens with zero attached hydrogens (tertiary/aromatic N) is 2. The fraction of sp³-hybridized carbons (Fsp3) is 0.625. The first-order valence-electron chi connectivity index (χ1n) is 8.35. The van der Waals surface area contributed by atoms with E-state index in [4.69, 9.17) is 15.2 Å². The summed E-state index contributed by atoms with van der Waals surface area (Å²) in [5, 5.41) is 0. The largest absolute Gasteiger partial charge is 0.490 e. The SMILES string of the molecule is CCOc1ccc(S(=O)(=O)N2CCN(CCN)CC2)cc1OCC. The zero-order valence-corrected chi connectivity index (χ0v) is 15.2. The minimum absolute atomic E-state index is 0.238. The van der Waals surface area contributed by atoms with Gasteiger partial charge in [-0.05, 0) is 26.0 Å². The third-order valence-electron chi connectivity index (χ3n) is 3.93. The molecule has 0 amide bonds. The van der Waals surface area contributed by atoms with Crippen molar-refractivity contribution in [3.8, 4) is 11.5 Å². The predicted octanol–water partition coefficient (Wildman–Crippen LogP) is 0.749. The molecular formula is C16H27N3O4S. The highest BCUT2D eigenvalue weighted by atomic mass is 32.2. The van der Waals surface area contributed by atoms with Gasteiger partial charge in [0, 0.05) is 45.3 Å². The Kier molecular flexibility index (Phi) is 6.85. The molecule has 7 nitrogen and oxygen atoms in total. The third kappa shape index (κ3) is 4.38. The van der Waals surface area contributed by atoms with E-state index in [1.165, 1.54) is 4.31 Å². The van der Waals surface area contributed by atoms with Crippen molar-refractivity contribution in [3.05, 3.63) is 18.2 Å². The Bertz CT molecular complexity index is 628. The molecule has 8 heteroatoms. The fourth-order valence-corrected chi connectivity index (χ4v) is 4.16. The van der Waals surface area contributed by atoms with E-state index in [0.717, 1.165) is 6.54 Å². The molecule has 0 atom stereocenters. The molecule has 1 aromatic rings. The van der Waals surface area contributed by atoms with Crippen LogP contribution in [0, 0.1) is 0 Å². The van der Waals surface area contributed by atoms with Gasteiger partial charge in [0.15, 0.2) is 11.5 Å². The van der Waals surface area contributed by atoms with Gasteiger partial charge in [-0.3, -0.25) is 4.90 Å². The van der Waals surface area contributed by atoms with Gasteiger partial charge in [0.2, 0.25) is 10.0 Å². The van der Waals surface area contributed by atoms with Crippen molar-refractivity contribution in [2.45, 2.75) is 18.7 Å². The van der Waals surface area contributed by atoms with Crippen LogP contribution < -0.4 is 15.2 Å². The van der Waals surface area contributed by atoms with Crippen LogP contribution in [-0.2, 0) is 10.0 Å². The summed E-state index contributed by atoms with van der Waals surface area (Å²) < 4.78 is 38.3. The van der Waals surface area contributed by atoms with Crippen LogP contribution in [0.2, 0.25) is 0 Å². The van der Waals surface area contributed by atoms with Crippen LogP contribution in [0.5, 0.6) is 11.5 Å². The lowest BCUT2D eigenvalue weighted by Gasteiger charge is -2.33. The molecule has 24 heavy (non-hydrogen) atoms. The van der Waals surface area contributed by atoms with E-state index in [1.54, 1.807) is 18.2 Å². The van der Waals surface area contributed by atoms with Gasteiger partial charge >= 0.3 is 0 Å². The van der Waals surface area contributed by atoms with Crippen LogP contribution in [0.15, 0.2) is 23.1 Å². The minimum atomic E-state index is -3.53. The lowest BCUT2D eigenvalue weighted by Crippen LogP contribution is -2.49. The number of benzene rings is 1. The summed E-state index contributed by atoms with van der Waals surface area (Å²) in [7, 11) is -3.53. The third-order valence-corrected chi connectivity index (χ3v) is 5.82. The first kappa shape index (κ1) is 19.0. The van der Waals surface area contributed by atoms with E-state index in [9.17, 15) is 8.42 Å². The highest BCUT2D eigenvalue weighted by Crippen LogP contribution is 2.31. The number of ether oxygens (including phenoxy) is 2. The van der Waals surface area contributed by atoms with Crippen molar-refractivity contribution in [1.82, 2.24) is 9.21 Å². The Morgan fingerprint density at radius 1 is 1.04 bits per heavy atom. The van der Waals surface area contributed by atoms with Gasteiger partial charge < -0.3 is 15.2 Å². The zero-order chi connectivity index (χ0) is 17.6. The Morgan fingerprint density at radius 2 is 1.67 bits per heavy atom. The number of rotatable bonds is 8. The standard InChI is InChI=1S/C16H27N3O4S/c1-3-22-15-6-5-14(13-16(15)23-4-2)24(20,21)19-11-9-18(8-7-17)10-12-19/h5-6,13H,3-4,7-12,17H2,1-2H3. The van der Waals surface area contributed by atoms with Gasteiger partial charge in [0.05, 0.1) is 18.1 Å². The van der Waals surface area contributed by atoms with Crippen molar-refractivity contribution >= 4 is 10.0 Å². The van der Waals surface area contributed by atoms with Crippen LogP contribution >= 0.6 is 0 Å². The summed E-state index contributed by atoms with van der Waals surface area (Å²) in [6.45, 7) is 8.40. The van der Waals surface area contributed by atoms with E-state index in [2.05, 4.69) is 4.90 Å². The summed E-state index contributed by atoms with van der Waals surface area (Å²) in [6, 6.07) is 4.79. The molecule has 0 aromatic heterocycles. The maximum Gasteiger partial charge on any atom is 0.243 e. The van der Waals surface area contributed by atoms with Gasteiger partial charge in [-0.2, -0.15) is 4.31 Å². The molecule has 1 fully saturated rings. The van der Waals surface area contributed by atoms with Gasteiger partial charge in [0.25, 0.3) is 0 Å². The maximum absolute atomic E-state index is 12.9. The maximum atomic E-state index is 12.9. The van der Waals surface area contributed by atoms with Gasteiger partial charge in [0.1, 0.15) is 0 Å². The molecule has 0 spiro atoms. The Morgan fingerprint density at radius 3 is 2.25 bits per heavy atom. The van der Waals surface area contributed by atoms with E-state index in [0.29, 0.717) is 57.4 Å². The van der Waals surface area contributed by atoms with Crippen LogP contribution in [0.25, 0.3) is 0 Å². The highest BCUT2D eigenvalue weighted by Gasteiger charge is 2.29. The number of hydrogen-bond donors (Lipinski definition) is 1. The van der Waals surface area contributed by atoms with Gasteiger partial charge in [-0.15, -0.1) is 0 Å². The molecule has 1 aliphatic rings. The van der Waals surface area contributed by atoms with Gasteiger partial charge in [-0.1, -0.05) is 0 Å². The lowest BCUT2D eigenvalue weighted by molar-refractivity contribution is 0.192. The quantitative estimate of drug-likeness (QED) is 0.739. The lowest BCUT2D eigenvalue weighted by atomic mass is 10.3. The first-order valence-corrected chi connectivity index (χ1v) is 9.79. The molecule has 2 N–H and O–H groups in total. The molecule has 1 aliphatic heterocycles. The molecule has 136 valence electrons. The average molecular weight is 357 g/mol. The predicted molar refractivity (Wildman–Crippen MR) is 93.0 cm³/mol. The zero-order valence-electron chi connectivity index (χ0n) is 14.4. The molecule has 2 rings (SSSR count). The van der Waals surface area contributed by atoms with Crippen LogP contribution in [0.4, 0.5) is 0 Å². The molecule has 1 aromatic carbocycles. The summed E-state index contributed by atoms with van der Waals surface area (Å²) in [6.07, 6.45) is 0. The molecule has 0 unspecified atom stereocenters. The average Bonchev–Trinajstić information content (AvgIpc) is 2.57. The molecular weight excluding hydrogens is 330 g/mol. The Labute approximate surface area is 144 Å². The van der Waals surface area contributed by atoms with Crippen LogP contribution in [0.3, 0.4) is 0 Å². The van der Waals surface area contributed by atoms with Gasteiger partial charge in [-0.25, -0.2) is 8.42 Å². The number of nitrogens with two attached hydrogens (primary N) is 1. The van der Waals surface area contributed by atoms with Crippen molar-refractivity contribution in [3.63, 3.8) is 0 Å². The minimum Gasteiger partial charge on any atom is -0.490 e. The molecule has 0 saturated carbocycles. The second-order valence-corrected chi connectivity index (χ2v) is 7.45.